The molecule has 2 N–H and O–H groups in total. The zero-order valence-electron chi connectivity index (χ0n) is 26.5. The molecule has 256 valence electrons. The summed E-state index contributed by atoms with van der Waals surface area (Å²) in [6.45, 7) is 1.88. The van der Waals surface area contributed by atoms with E-state index in [-0.39, 0.29) is 34.8 Å². The molecule has 0 radical (unpaired) electrons. The Morgan fingerprint density at radius 1 is 1.04 bits per heavy atom. The number of methoxy groups -OCH3 is 1. The van der Waals surface area contributed by atoms with Crippen LogP contribution in [-0.2, 0) is 9.53 Å². The Balaban J connectivity index is 1.15. The van der Waals surface area contributed by atoms with Crippen LogP contribution in [0.5, 0.6) is 0 Å². The minimum Gasteiger partial charge on any atom is -0.478 e. The highest BCUT2D eigenvalue weighted by atomic mass is 35.5. The molecule has 3 aromatic carbocycles. The quantitative estimate of drug-likeness (QED) is 0.226. The predicted octanol–water partition coefficient (Wildman–Crippen LogP) is 5.58. The van der Waals surface area contributed by atoms with Crippen molar-refractivity contribution in [1.29, 1.82) is 0 Å². The normalized spacial score (nSPS) is 19.3. The number of halogens is 3. The van der Waals surface area contributed by atoms with Crippen LogP contribution in [0.25, 0.3) is 11.1 Å². The first-order chi connectivity index (χ1) is 24.1. The molecule has 50 heavy (non-hydrogen) atoms. The number of carbonyl (C=O) groups excluding carboxylic acids is 2. The third kappa shape index (κ3) is 6.44. The number of aliphatic imine (C=N–C) groups is 1. The minimum atomic E-state index is -1.06. The van der Waals surface area contributed by atoms with Crippen molar-refractivity contribution in [1.82, 2.24) is 20.1 Å². The molecule has 2 atom stereocenters. The van der Waals surface area contributed by atoms with E-state index >= 15 is 0 Å². The van der Waals surface area contributed by atoms with Gasteiger partial charge in [0.1, 0.15) is 17.7 Å². The van der Waals surface area contributed by atoms with Crippen LogP contribution < -0.4 is 10.2 Å². The van der Waals surface area contributed by atoms with Crippen LogP contribution in [0.3, 0.4) is 0 Å². The predicted molar refractivity (Wildman–Crippen MR) is 183 cm³/mol. The highest BCUT2D eigenvalue weighted by Crippen LogP contribution is 2.37. The number of anilines is 1. The lowest BCUT2D eigenvalue weighted by Gasteiger charge is -2.38. The number of rotatable bonds is 8. The molecule has 0 bridgehead atoms. The van der Waals surface area contributed by atoms with Crippen LogP contribution in [-0.4, -0.2) is 89.6 Å². The fourth-order valence-corrected chi connectivity index (χ4v) is 7.38. The molecule has 15 heteroatoms. The topological polar surface area (TPSA) is 128 Å². The number of ether oxygens (including phenoxy) is 1. The molecule has 2 saturated heterocycles. The fourth-order valence-electron chi connectivity index (χ4n) is 6.52. The number of benzene rings is 3. The summed E-state index contributed by atoms with van der Waals surface area (Å²) in [7, 11) is 1.27. The van der Waals surface area contributed by atoms with Crippen LogP contribution in [0.2, 0.25) is 5.02 Å². The van der Waals surface area contributed by atoms with Crippen LogP contribution in [0.15, 0.2) is 88.5 Å². The van der Waals surface area contributed by atoms with E-state index in [4.69, 9.17) is 21.3 Å². The first kappa shape index (κ1) is 33.3. The minimum absolute atomic E-state index is 0.107. The number of amidine groups is 1. The number of carboxylic acids is 1. The van der Waals surface area contributed by atoms with E-state index in [2.05, 4.69) is 15.2 Å². The van der Waals surface area contributed by atoms with Crippen LogP contribution >= 0.6 is 22.9 Å². The summed E-state index contributed by atoms with van der Waals surface area (Å²) in [6.07, 6.45) is 1.64. The van der Waals surface area contributed by atoms with Crippen molar-refractivity contribution in [3.05, 3.63) is 116 Å². The fraction of sp³-hybridized carbons (Fsp3) is 0.229. The highest BCUT2D eigenvalue weighted by Gasteiger charge is 2.42. The first-order valence-electron chi connectivity index (χ1n) is 15.6. The van der Waals surface area contributed by atoms with Crippen molar-refractivity contribution >= 4 is 52.4 Å². The molecule has 3 aliphatic rings. The van der Waals surface area contributed by atoms with Crippen molar-refractivity contribution in [2.24, 2.45) is 4.99 Å². The van der Waals surface area contributed by atoms with Gasteiger partial charge in [-0.15, -0.1) is 11.3 Å². The van der Waals surface area contributed by atoms with Gasteiger partial charge in [0.25, 0.3) is 0 Å². The molecule has 0 saturated carbocycles. The number of aromatic nitrogens is 1. The Hall–Kier alpha value is -5.18. The second kappa shape index (κ2) is 13.6. The van der Waals surface area contributed by atoms with E-state index in [0.29, 0.717) is 65.1 Å². The summed E-state index contributed by atoms with van der Waals surface area (Å²) in [5.41, 5.74) is 2.78. The Kier molecular flexibility index (Phi) is 9.07. The number of hydrogen-bond acceptors (Lipinski definition) is 9. The number of nitrogens with one attached hydrogen (secondary N) is 1. The molecule has 0 unspecified atom stereocenters. The summed E-state index contributed by atoms with van der Waals surface area (Å²) in [4.78, 5) is 52.8. The molecule has 4 heterocycles. The average molecular weight is 719 g/mol. The van der Waals surface area contributed by atoms with Gasteiger partial charge in [-0.2, -0.15) is 0 Å². The molecular formula is C35H29ClF2N6O5S. The molecule has 11 nitrogen and oxygen atoms in total. The molecule has 1 aromatic heterocycles. The summed E-state index contributed by atoms with van der Waals surface area (Å²) < 4.78 is 34.1. The first-order valence-corrected chi connectivity index (χ1v) is 16.8. The maximum atomic E-state index is 14.9. The maximum absolute atomic E-state index is 14.9. The Bertz CT molecular complexity index is 2060. The van der Waals surface area contributed by atoms with E-state index in [9.17, 15) is 28.3 Å². The Labute approximate surface area is 294 Å². The SMILES string of the molecule is COC(=O)C1=C(CN2CCN3C(=O)N(c4cc(F)cc(-c5ccc(C(=O)O)cc5)c4)C[C@@H]3C2)NC(c2nccs2)=N[C@H]1c1ccc(F)cc1Cl. The van der Waals surface area contributed by atoms with E-state index < -0.39 is 29.6 Å². The van der Waals surface area contributed by atoms with Crippen molar-refractivity contribution in [2.75, 3.05) is 44.7 Å². The van der Waals surface area contributed by atoms with Gasteiger partial charge >= 0.3 is 18.0 Å². The number of hydrogen-bond donors (Lipinski definition) is 2. The van der Waals surface area contributed by atoms with Crippen molar-refractivity contribution in [3.63, 3.8) is 0 Å². The van der Waals surface area contributed by atoms with Crippen molar-refractivity contribution in [3.8, 4) is 11.1 Å². The molecule has 3 aliphatic heterocycles. The number of carbonyl (C=O) groups is 3. The van der Waals surface area contributed by atoms with E-state index in [1.54, 1.807) is 39.6 Å². The lowest BCUT2D eigenvalue weighted by atomic mass is 9.95. The van der Waals surface area contributed by atoms with Gasteiger partial charge in [-0.3, -0.25) is 14.8 Å². The molecule has 7 rings (SSSR count). The van der Waals surface area contributed by atoms with E-state index in [1.165, 1.54) is 60.9 Å². The molecule has 4 aromatic rings. The smallest absolute Gasteiger partial charge is 0.338 e. The van der Waals surface area contributed by atoms with Crippen molar-refractivity contribution < 1.29 is 33.0 Å². The molecule has 0 aliphatic carbocycles. The van der Waals surface area contributed by atoms with Gasteiger partial charge in [0.2, 0.25) is 0 Å². The molecule has 2 amide bonds. The van der Waals surface area contributed by atoms with Crippen molar-refractivity contribution in [2.45, 2.75) is 12.1 Å². The summed E-state index contributed by atoms with van der Waals surface area (Å²) in [5, 5.41) is 15.0. The van der Waals surface area contributed by atoms with Gasteiger partial charge in [-0.05, 0) is 53.6 Å². The highest BCUT2D eigenvalue weighted by molar-refractivity contribution is 7.11. The number of carboxylic acid groups (broad SMARTS) is 1. The zero-order valence-corrected chi connectivity index (χ0v) is 28.0. The number of aromatic carboxylic acids is 1. The third-order valence-electron chi connectivity index (χ3n) is 8.90. The summed E-state index contributed by atoms with van der Waals surface area (Å²) in [6, 6.07) is 13.0. The standard InChI is InChI=1S/C35H29ClF2N6O5S/c1-49-34(47)29-28(40-31(32-39-8-11-50-32)41-30(29)26-7-6-22(37)15-27(26)36)18-42-9-10-43-25(16-42)17-44(35(43)48)24-13-21(12-23(38)14-24)19-2-4-20(5-3-19)33(45)46/h2-8,11-15,25,30H,9-10,16-18H2,1H3,(H,40,41)(H,45,46)/t25-,30-/m0/s1. The molecule has 0 spiro atoms. The second-order valence-corrected chi connectivity index (χ2v) is 13.3. The lowest BCUT2D eigenvalue weighted by molar-refractivity contribution is -0.136. The number of fused-ring (bicyclic) bond motifs is 1. The molecular weight excluding hydrogens is 690 g/mol. The van der Waals surface area contributed by atoms with Crippen LogP contribution in [0.1, 0.15) is 27.0 Å². The van der Waals surface area contributed by atoms with Gasteiger partial charge in [0.15, 0.2) is 10.8 Å². The number of nitrogens with zero attached hydrogens (tertiary/aromatic N) is 5. The third-order valence-corrected chi connectivity index (χ3v) is 10.0. The van der Waals surface area contributed by atoms with Crippen LogP contribution in [0, 0.1) is 11.6 Å². The number of amides is 2. The lowest BCUT2D eigenvalue weighted by Crippen LogP contribution is -2.53. The number of esters is 1. The van der Waals surface area contributed by atoms with Gasteiger partial charge in [-0.25, -0.2) is 28.1 Å². The largest absolute Gasteiger partial charge is 0.478 e. The summed E-state index contributed by atoms with van der Waals surface area (Å²) >= 11 is 7.84. The average Bonchev–Trinajstić information content (AvgIpc) is 3.76. The number of urea groups is 1. The second-order valence-electron chi connectivity index (χ2n) is 11.9. The molecule has 2 fully saturated rings. The Morgan fingerprint density at radius 3 is 2.54 bits per heavy atom. The number of piperazine rings is 1. The zero-order chi connectivity index (χ0) is 35.1. The summed E-state index contributed by atoms with van der Waals surface area (Å²) in [5.74, 6) is -2.32. The van der Waals surface area contributed by atoms with Gasteiger partial charge in [0.05, 0.1) is 24.3 Å². The monoisotopic (exact) mass is 718 g/mol. The van der Waals surface area contributed by atoms with E-state index in [0.717, 1.165) is 0 Å². The van der Waals surface area contributed by atoms with Crippen LogP contribution in [0.4, 0.5) is 19.3 Å². The van der Waals surface area contributed by atoms with Gasteiger partial charge in [0, 0.05) is 66.3 Å². The van der Waals surface area contributed by atoms with Gasteiger partial charge in [-0.1, -0.05) is 29.8 Å². The number of thiazole rings is 1. The maximum Gasteiger partial charge on any atom is 0.338 e. The van der Waals surface area contributed by atoms with Gasteiger partial charge < -0.3 is 20.1 Å². The van der Waals surface area contributed by atoms with E-state index in [1.807, 2.05) is 0 Å². The Morgan fingerprint density at radius 2 is 1.84 bits per heavy atom.